The van der Waals surface area contributed by atoms with Gasteiger partial charge >= 0.3 is 20.5 Å². The lowest BCUT2D eigenvalue weighted by molar-refractivity contribution is -0.167. The number of rotatable bonds is 8. The normalized spacial score (nSPS) is 14.8. The van der Waals surface area contributed by atoms with E-state index in [1.54, 1.807) is 60.7 Å². The van der Waals surface area contributed by atoms with Gasteiger partial charge in [-0.3, -0.25) is 4.57 Å². The molecular formula is C20H19F4O3P. The van der Waals surface area contributed by atoms with Gasteiger partial charge in [-0.15, -0.1) is 0 Å². The van der Waals surface area contributed by atoms with Gasteiger partial charge in [0.15, 0.2) is 0 Å². The van der Waals surface area contributed by atoms with Gasteiger partial charge in [0.1, 0.15) is 0 Å². The Bertz CT molecular complexity index is 794. The van der Waals surface area contributed by atoms with E-state index in [-0.39, 0.29) is 11.1 Å². The van der Waals surface area contributed by atoms with Crippen molar-refractivity contribution in [3.63, 3.8) is 0 Å². The van der Waals surface area contributed by atoms with Crippen molar-refractivity contribution in [1.29, 1.82) is 0 Å². The van der Waals surface area contributed by atoms with Gasteiger partial charge in [-0.2, -0.15) is 17.6 Å². The van der Waals surface area contributed by atoms with Crippen LogP contribution in [0.2, 0.25) is 0 Å². The van der Waals surface area contributed by atoms with Crippen LogP contribution in [-0.4, -0.2) is 12.2 Å². The lowest BCUT2D eigenvalue weighted by atomic mass is 10.1. The summed E-state index contributed by atoms with van der Waals surface area (Å²) in [7, 11) is -4.20. The molecule has 0 N–H and O–H groups in total. The second-order valence-corrected chi connectivity index (χ2v) is 6.87. The van der Waals surface area contributed by atoms with Gasteiger partial charge in [-0.05, 0) is 36.1 Å². The lowest BCUT2D eigenvalue weighted by Gasteiger charge is -2.17. The number of hydrogen-bond acceptors (Lipinski definition) is 3. The second-order valence-electron chi connectivity index (χ2n) is 5.96. The predicted molar refractivity (Wildman–Crippen MR) is 101 cm³/mol. The Morgan fingerprint density at radius 3 is 1.39 bits per heavy atom. The molecule has 0 aliphatic carbocycles. The zero-order valence-electron chi connectivity index (χ0n) is 15.2. The highest BCUT2D eigenvalue weighted by atomic mass is 31.1. The minimum atomic E-state index is -4.20. The van der Waals surface area contributed by atoms with E-state index in [1.807, 2.05) is 0 Å². The number of alkyl halides is 4. The lowest BCUT2D eigenvalue weighted by Crippen LogP contribution is -2.18. The highest BCUT2D eigenvalue weighted by molar-refractivity contribution is 7.33. The summed E-state index contributed by atoms with van der Waals surface area (Å²) in [6.45, 7) is 2.79. The summed E-state index contributed by atoms with van der Waals surface area (Å²) in [5.41, 5.74) is 1.23. The first-order chi connectivity index (χ1) is 13.1. The summed E-state index contributed by atoms with van der Waals surface area (Å²) >= 11 is 0. The summed E-state index contributed by atoms with van der Waals surface area (Å²) in [6.07, 6.45) is -7.27. The predicted octanol–water partition coefficient (Wildman–Crippen LogP) is 6.80. The average molecular weight is 414 g/mol. The van der Waals surface area contributed by atoms with Crippen LogP contribution in [0.15, 0.2) is 72.8 Å². The first-order valence-corrected chi connectivity index (χ1v) is 9.48. The van der Waals surface area contributed by atoms with Gasteiger partial charge in [0.05, 0.1) is 0 Å². The maximum Gasteiger partial charge on any atom is 0.383 e. The van der Waals surface area contributed by atoms with Crippen LogP contribution in [0.3, 0.4) is 0 Å². The molecule has 0 aliphatic heterocycles. The standard InChI is InChI=1S/C20H19F4O3P/c1-15(17-9-5-3-6-10-17)13-19(21,22)26-28(25)27-20(23,24)14-16(2)18-11-7-4-8-12-18/h3-14,28H,1-2H3. The molecule has 28 heavy (non-hydrogen) atoms. The molecule has 0 aromatic heterocycles. The molecule has 0 radical (unpaired) electrons. The van der Waals surface area contributed by atoms with Crippen LogP contribution in [0, 0.1) is 0 Å². The van der Waals surface area contributed by atoms with Crippen LogP contribution in [0.5, 0.6) is 0 Å². The quantitative estimate of drug-likeness (QED) is 0.352. The van der Waals surface area contributed by atoms with Crippen LogP contribution in [0.1, 0.15) is 25.0 Å². The maximum atomic E-state index is 13.9. The summed E-state index contributed by atoms with van der Waals surface area (Å²) in [6, 6.07) is 16.4. The van der Waals surface area contributed by atoms with E-state index < -0.39 is 20.5 Å². The monoisotopic (exact) mass is 414 g/mol. The third-order valence-corrected chi connectivity index (χ3v) is 4.54. The fourth-order valence-corrected chi connectivity index (χ4v) is 2.98. The molecule has 0 bridgehead atoms. The molecule has 0 atom stereocenters. The summed E-state index contributed by atoms with van der Waals surface area (Å²) in [4.78, 5) is 0. The summed E-state index contributed by atoms with van der Waals surface area (Å²) in [5, 5.41) is 0. The molecule has 3 nitrogen and oxygen atoms in total. The molecule has 2 rings (SSSR count). The molecule has 0 fully saturated rings. The van der Waals surface area contributed by atoms with E-state index in [4.69, 9.17) is 0 Å². The second kappa shape index (κ2) is 9.32. The molecule has 0 heterocycles. The van der Waals surface area contributed by atoms with E-state index in [9.17, 15) is 22.1 Å². The van der Waals surface area contributed by atoms with Crippen molar-refractivity contribution in [3.05, 3.63) is 83.9 Å². The van der Waals surface area contributed by atoms with Crippen molar-refractivity contribution < 1.29 is 31.2 Å². The van der Waals surface area contributed by atoms with Crippen molar-refractivity contribution in [3.8, 4) is 0 Å². The maximum absolute atomic E-state index is 13.9. The molecule has 0 saturated carbocycles. The smallest absolute Gasteiger partial charge is 0.263 e. The number of allylic oxidation sites excluding steroid dienone is 2. The van der Waals surface area contributed by atoms with Gasteiger partial charge < -0.3 is 0 Å². The number of benzene rings is 2. The molecule has 0 amide bonds. The fraction of sp³-hybridized carbons (Fsp3) is 0.200. The molecule has 8 heteroatoms. The van der Waals surface area contributed by atoms with Crippen molar-refractivity contribution in [2.24, 2.45) is 0 Å². The van der Waals surface area contributed by atoms with Crippen LogP contribution in [0.25, 0.3) is 11.1 Å². The van der Waals surface area contributed by atoms with E-state index >= 15 is 0 Å². The van der Waals surface area contributed by atoms with Gasteiger partial charge in [0.2, 0.25) is 0 Å². The van der Waals surface area contributed by atoms with Crippen molar-refractivity contribution in [2.75, 3.05) is 0 Å². The molecule has 150 valence electrons. The average Bonchev–Trinajstić information content (AvgIpc) is 2.61. The van der Waals surface area contributed by atoms with Crippen LogP contribution in [0.4, 0.5) is 17.6 Å². The first kappa shape index (κ1) is 22.1. The Hall–Kier alpha value is -2.21. The van der Waals surface area contributed by atoms with E-state index in [0.29, 0.717) is 23.3 Å². The van der Waals surface area contributed by atoms with Gasteiger partial charge in [-0.25, -0.2) is 9.05 Å². The molecule has 0 spiro atoms. The SMILES string of the molecule is CC(=CC(F)(F)O[PH](=O)OC(F)(F)C=C(C)c1ccccc1)c1ccccc1. The first-order valence-electron chi connectivity index (χ1n) is 8.25. The van der Waals surface area contributed by atoms with Crippen molar-refractivity contribution >= 4 is 19.4 Å². The molecule has 0 unspecified atom stereocenters. The molecule has 0 aliphatic rings. The highest BCUT2D eigenvalue weighted by Gasteiger charge is 2.36. The molecular weight excluding hydrogens is 395 g/mol. The third-order valence-electron chi connectivity index (χ3n) is 3.67. The van der Waals surface area contributed by atoms with E-state index in [0.717, 1.165) is 0 Å². The van der Waals surface area contributed by atoms with Crippen LogP contribution < -0.4 is 0 Å². The topological polar surface area (TPSA) is 35.5 Å². The Morgan fingerprint density at radius 1 is 0.750 bits per heavy atom. The highest BCUT2D eigenvalue weighted by Crippen LogP contribution is 2.41. The van der Waals surface area contributed by atoms with E-state index in [1.165, 1.54) is 13.8 Å². The third kappa shape index (κ3) is 7.08. The Kier molecular flexibility index (Phi) is 7.35. The fourth-order valence-electron chi connectivity index (χ4n) is 2.37. The number of halogens is 4. The van der Waals surface area contributed by atoms with Gasteiger partial charge in [-0.1, -0.05) is 60.7 Å². The van der Waals surface area contributed by atoms with E-state index in [2.05, 4.69) is 9.05 Å². The minimum absolute atomic E-state index is 0.131. The Balaban J connectivity index is 2.05. The minimum Gasteiger partial charge on any atom is -0.263 e. The Morgan fingerprint density at radius 2 is 1.07 bits per heavy atom. The summed E-state index contributed by atoms with van der Waals surface area (Å²) < 4.78 is 75.1. The number of hydrogen-bond donors (Lipinski definition) is 0. The van der Waals surface area contributed by atoms with Crippen LogP contribution >= 0.6 is 8.25 Å². The Labute approximate surface area is 161 Å². The van der Waals surface area contributed by atoms with Gasteiger partial charge in [0, 0.05) is 12.2 Å². The molecule has 0 saturated heterocycles. The van der Waals surface area contributed by atoms with Crippen LogP contribution in [-0.2, 0) is 13.6 Å². The largest absolute Gasteiger partial charge is 0.383 e. The van der Waals surface area contributed by atoms with Crippen molar-refractivity contribution in [1.82, 2.24) is 0 Å². The molecule has 2 aromatic carbocycles. The zero-order chi connectivity index (χ0) is 20.8. The summed E-state index contributed by atoms with van der Waals surface area (Å²) in [5.74, 6) is 0. The zero-order valence-corrected chi connectivity index (χ0v) is 16.2. The van der Waals surface area contributed by atoms with Crippen molar-refractivity contribution in [2.45, 2.75) is 26.1 Å². The molecule has 2 aromatic rings. The van der Waals surface area contributed by atoms with Gasteiger partial charge in [0.25, 0.3) is 0 Å².